The standard InChI is InChI=1S/C46H33NS/c1-3-12-32(13-4-1)34-24-28-37(29-25-34)47(38-30-26-35(27-31-38)33-14-5-2-6-15-33)43-22-10-21-42-45-41(20-11-23-44(45)48-46(42)43)40-19-9-17-36-16-7-8-18-39(36)40/h1,3-5,7-31H,2,6H2. The van der Waals surface area contributed by atoms with E-state index < -0.39 is 0 Å². The minimum absolute atomic E-state index is 1.10. The lowest BCUT2D eigenvalue weighted by molar-refractivity contribution is 1.04. The van der Waals surface area contributed by atoms with Gasteiger partial charge in [0, 0.05) is 26.8 Å². The van der Waals surface area contributed by atoms with Gasteiger partial charge in [-0.05, 0) is 93.4 Å². The van der Waals surface area contributed by atoms with E-state index >= 15 is 0 Å². The van der Waals surface area contributed by atoms with E-state index in [-0.39, 0.29) is 0 Å². The second-order valence-corrected chi connectivity index (χ2v) is 13.4. The predicted octanol–water partition coefficient (Wildman–Crippen LogP) is 13.7. The minimum Gasteiger partial charge on any atom is -0.309 e. The van der Waals surface area contributed by atoms with Crippen LogP contribution in [-0.2, 0) is 0 Å². The van der Waals surface area contributed by atoms with Gasteiger partial charge in [0.25, 0.3) is 0 Å². The lowest BCUT2D eigenvalue weighted by Gasteiger charge is -2.26. The Balaban J connectivity index is 1.23. The van der Waals surface area contributed by atoms with Crippen LogP contribution in [0.2, 0.25) is 0 Å². The molecule has 0 amide bonds. The van der Waals surface area contributed by atoms with Gasteiger partial charge in [-0.15, -0.1) is 11.3 Å². The van der Waals surface area contributed by atoms with E-state index in [1.54, 1.807) is 0 Å². The first-order valence-electron chi connectivity index (χ1n) is 16.7. The van der Waals surface area contributed by atoms with Crippen molar-refractivity contribution >= 4 is 64.9 Å². The summed E-state index contributed by atoms with van der Waals surface area (Å²) in [6.07, 6.45) is 9.10. The molecule has 0 spiro atoms. The maximum Gasteiger partial charge on any atom is 0.0640 e. The molecule has 0 saturated carbocycles. The summed E-state index contributed by atoms with van der Waals surface area (Å²) in [5.74, 6) is 0. The Bertz CT molecular complexity index is 2480. The largest absolute Gasteiger partial charge is 0.309 e. The molecule has 0 aliphatic heterocycles. The lowest BCUT2D eigenvalue weighted by atomic mass is 9.94. The molecule has 0 unspecified atom stereocenters. The van der Waals surface area contributed by atoms with Crippen molar-refractivity contribution in [1.29, 1.82) is 0 Å². The molecule has 228 valence electrons. The molecule has 0 N–H and O–H groups in total. The molecule has 1 aliphatic carbocycles. The zero-order chi connectivity index (χ0) is 31.9. The number of rotatable bonds is 6. The fraction of sp³-hybridized carbons (Fsp3) is 0.0435. The van der Waals surface area contributed by atoms with Gasteiger partial charge < -0.3 is 4.90 Å². The summed E-state index contributed by atoms with van der Waals surface area (Å²) >= 11 is 1.89. The molecule has 8 aromatic rings. The molecule has 0 atom stereocenters. The fourth-order valence-electron chi connectivity index (χ4n) is 7.18. The maximum absolute atomic E-state index is 2.43. The van der Waals surface area contributed by atoms with Crippen LogP contribution < -0.4 is 4.90 Å². The van der Waals surface area contributed by atoms with Crippen LogP contribution in [0.4, 0.5) is 17.1 Å². The molecule has 1 aromatic heterocycles. The first-order valence-corrected chi connectivity index (χ1v) is 17.5. The second-order valence-electron chi connectivity index (χ2n) is 12.4. The van der Waals surface area contributed by atoms with Crippen LogP contribution in [0.1, 0.15) is 18.4 Å². The van der Waals surface area contributed by atoms with Gasteiger partial charge in [0.15, 0.2) is 0 Å². The normalized spacial score (nSPS) is 12.9. The predicted molar refractivity (Wildman–Crippen MR) is 209 cm³/mol. The van der Waals surface area contributed by atoms with Crippen LogP contribution >= 0.6 is 11.3 Å². The third-order valence-corrected chi connectivity index (χ3v) is 10.7. The number of thiophene rings is 1. The zero-order valence-electron chi connectivity index (χ0n) is 26.5. The van der Waals surface area contributed by atoms with Gasteiger partial charge in [-0.3, -0.25) is 0 Å². The van der Waals surface area contributed by atoms with Crippen molar-refractivity contribution in [3.8, 4) is 22.3 Å². The third-order valence-electron chi connectivity index (χ3n) is 9.51. The van der Waals surface area contributed by atoms with E-state index in [1.807, 2.05) is 11.3 Å². The summed E-state index contributed by atoms with van der Waals surface area (Å²) in [4.78, 5) is 2.43. The second kappa shape index (κ2) is 12.2. The number of hydrogen-bond acceptors (Lipinski definition) is 2. The monoisotopic (exact) mass is 631 g/mol. The molecule has 1 heterocycles. The minimum atomic E-state index is 1.10. The molecule has 7 aromatic carbocycles. The van der Waals surface area contributed by atoms with Gasteiger partial charge in [-0.25, -0.2) is 0 Å². The van der Waals surface area contributed by atoms with Crippen molar-refractivity contribution in [2.75, 3.05) is 4.90 Å². The highest BCUT2D eigenvalue weighted by Gasteiger charge is 2.20. The molecule has 0 fully saturated rings. The molecule has 48 heavy (non-hydrogen) atoms. The average Bonchev–Trinajstić information content (AvgIpc) is 3.56. The highest BCUT2D eigenvalue weighted by molar-refractivity contribution is 7.26. The molecule has 1 aliphatic rings. The van der Waals surface area contributed by atoms with Crippen molar-refractivity contribution in [2.24, 2.45) is 0 Å². The molecular weight excluding hydrogens is 599 g/mol. The fourth-order valence-corrected chi connectivity index (χ4v) is 8.42. The molecule has 0 radical (unpaired) electrons. The highest BCUT2D eigenvalue weighted by Crippen LogP contribution is 2.48. The first-order chi connectivity index (χ1) is 23.8. The summed E-state index contributed by atoms with van der Waals surface area (Å²) in [6.45, 7) is 0. The molecule has 0 saturated heterocycles. The quantitative estimate of drug-likeness (QED) is 0.176. The van der Waals surface area contributed by atoms with Crippen LogP contribution in [0.5, 0.6) is 0 Å². The van der Waals surface area contributed by atoms with E-state index in [2.05, 4.69) is 181 Å². The topological polar surface area (TPSA) is 3.24 Å². The van der Waals surface area contributed by atoms with E-state index in [1.165, 1.54) is 70.0 Å². The van der Waals surface area contributed by atoms with E-state index in [0.717, 1.165) is 24.2 Å². The van der Waals surface area contributed by atoms with E-state index in [9.17, 15) is 0 Å². The molecule has 1 nitrogen and oxygen atoms in total. The van der Waals surface area contributed by atoms with Gasteiger partial charge >= 0.3 is 0 Å². The molecule has 2 heteroatoms. The number of anilines is 3. The van der Waals surface area contributed by atoms with Gasteiger partial charge in [-0.1, -0.05) is 140 Å². The summed E-state index contributed by atoms with van der Waals surface area (Å²) in [5, 5.41) is 5.16. The number of allylic oxidation sites excluding steroid dienone is 4. The SMILES string of the molecule is C1=CC(c2ccc(N(c3ccc(-c4ccccc4)cc3)c3cccc4c3sc3cccc(-c5cccc6ccccc56)c34)cc2)=CCC1. The van der Waals surface area contributed by atoms with Crippen LogP contribution in [0, 0.1) is 0 Å². The summed E-state index contributed by atoms with van der Waals surface area (Å²) in [6, 6.07) is 57.6. The average molecular weight is 632 g/mol. The lowest BCUT2D eigenvalue weighted by Crippen LogP contribution is -2.10. The van der Waals surface area contributed by atoms with Crippen LogP contribution in [-0.4, -0.2) is 0 Å². The van der Waals surface area contributed by atoms with Gasteiger partial charge in [-0.2, -0.15) is 0 Å². The van der Waals surface area contributed by atoms with E-state index in [4.69, 9.17) is 0 Å². The Morgan fingerprint density at radius 1 is 0.479 bits per heavy atom. The Morgan fingerprint density at radius 2 is 1.12 bits per heavy atom. The Kier molecular flexibility index (Phi) is 7.22. The number of benzene rings is 7. The van der Waals surface area contributed by atoms with Crippen molar-refractivity contribution in [2.45, 2.75) is 12.8 Å². The number of fused-ring (bicyclic) bond motifs is 4. The Morgan fingerprint density at radius 3 is 1.92 bits per heavy atom. The summed E-state index contributed by atoms with van der Waals surface area (Å²) < 4.78 is 2.59. The van der Waals surface area contributed by atoms with Crippen molar-refractivity contribution in [3.63, 3.8) is 0 Å². The number of hydrogen-bond donors (Lipinski definition) is 0. The smallest absolute Gasteiger partial charge is 0.0640 e. The van der Waals surface area contributed by atoms with Gasteiger partial charge in [0.2, 0.25) is 0 Å². The summed E-state index contributed by atoms with van der Waals surface area (Å²) in [7, 11) is 0. The first kappa shape index (κ1) is 28.5. The van der Waals surface area contributed by atoms with Crippen LogP contribution in [0.15, 0.2) is 176 Å². The van der Waals surface area contributed by atoms with Crippen LogP contribution in [0.25, 0.3) is 58.8 Å². The maximum atomic E-state index is 2.43. The summed E-state index contributed by atoms with van der Waals surface area (Å²) in [5.41, 5.74) is 11.0. The molecule has 9 rings (SSSR count). The Labute approximate surface area is 285 Å². The number of nitrogens with zero attached hydrogens (tertiary/aromatic N) is 1. The van der Waals surface area contributed by atoms with Crippen molar-refractivity contribution < 1.29 is 0 Å². The van der Waals surface area contributed by atoms with Gasteiger partial charge in [0.05, 0.1) is 10.4 Å². The third kappa shape index (κ3) is 5.02. The molecular formula is C46H33NS. The van der Waals surface area contributed by atoms with Crippen LogP contribution in [0.3, 0.4) is 0 Å². The zero-order valence-corrected chi connectivity index (χ0v) is 27.3. The molecule has 0 bridgehead atoms. The van der Waals surface area contributed by atoms with Gasteiger partial charge in [0.1, 0.15) is 0 Å². The van der Waals surface area contributed by atoms with Crippen molar-refractivity contribution in [3.05, 3.63) is 182 Å². The Hall–Kier alpha value is -5.70. The van der Waals surface area contributed by atoms with E-state index in [0.29, 0.717) is 0 Å². The van der Waals surface area contributed by atoms with Crippen molar-refractivity contribution in [1.82, 2.24) is 0 Å². The highest BCUT2D eigenvalue weighted by atomic mass is 32.1.